The Morgan fingerprint density at radius 2 is 2.13 bits per heavy atom. The van der Waals surface area contributed by atoms with Crippen LogP contribution in [0.15, 0.2) is 12.2 Å². The quantitative estimate of drug-likeness (QED) is 0.708. The molecule has 1 fully saturated rings. The highest BCUT2D eigenvalue weighted by molar-refractivity contribution is 5.66. The fourth-order valence-electron chi connectivity index (χ4n) is 2.78. The van der Waals surface area contributed by atoms with Gasteiger partial charge in [-0.25, -0.2) is 0 Å². The zero-order chi connectivity index (χ0) is 11.5. The van der Waals surface area contributed by atoms with Crippen LogP contribution in [0.5, 0.6) is 0 Å². The van der Waals surface area contributed by atoms with Crippen molar-refractivity contribution < 1.29 is 9.90 Å². The van der Waals surface area contributed by atoms with Crippen molar-refractivity contribution in [2.75, 3.05) is 0 Å². The minimum absolute atomic E-state index is 0.222. The molecule has 3 unspecified atom stereocenters. The molecule has 0 aliphatic heterocycles. The zero-order valence-corrected chi connectivity index (χ0v) is 9.99. The maximum absolute atomic E-state index is 9.37. The van der Waals surface area contributed by atoms with Crippen LogP contribution in [-0.2, 0) is 4.79 Å². The van der Waals surface area contributed by atoms with E-state index in [0.29, 0.717) is 5.41 Å². The second-order valence-electron chi connectivity index (χ2n) is 4.79. The number of hydrogen-bond donors (Lipinski definition) is 1. The van der Waals surface area contributed by atoms with Gasteiger partial charge in [0.15, 0.2) is 0 Å². The van der Waals surface area contributed by atoms with E-state index in [-0.39, 0.29) is 6.42 Å². The summed E-state index contributed by atoms with van der Waals surface area (Å²) in [6.07, 6.45) is 9.38. The van der Waals surface area contributed by atoms with Crippen molar-refractivity contribution in [1.29, 1.82) is 0 Å². The lowest BCUT2D eigenvalue weighted by atomic mass is 9.77. The Morgan fingerprint density at radius 1 is 1.53 bits per heavy atom. The van der Waals surface area contributed by atoms with Crippen molar-refractivity contribution in [3.05, 3.63) is 12.2 Å². The molecule has 0 amide bonds. The van der Waals surface area contributed by atoms with Gasteiger partial charge in [-0.1, -0.05) is 32.9 Å². The van der Waals surface area contributed by atoms with Gasteiger partial charge in [0.25, 0.3) is 0 Å². The van der Waals surface area contributed by atoms with E-state index in [4.69, 9.17) is 5.11 Å². The lowest BCUT2D eigenvalue weighted by Gasteiger charge is -2.27. The Balaban J connectivity index is 0.000000195. The molecule has 0 heterocycles. The number of carboxylic acids is 1. The van der Waals surface area contributed by atoms with Crippen LogP contribution in [0.3, 0.4) is 0 Å². The number of allylic oxidation sites excluding steroid dienone is 2. The summed E-state index contributed by atoms with van der Waals surface area (Å²) in [6, 6.07) is 0. The van der Waals surface area contributed by atoms with Gasteiger partial charge in [-0.15, -0.1) is 0 Å². The molecule has 0 saturated heterocycles. The average molecular weight is 210 g/mol. The third-order valence-corrected chi connectivity index (χ3v) is 3.94. The molecule has 2 bridgehead atoms. The predicted molar refractivity (Wildman–Crippen MR) is 61.7 cm³/mol. The van der Waals surface area contributed by atoms with Gasteiger partial charge < -0.3 is 5.11 Å². The standard InChI is InChI=1S/C10H16.C3H6O2/c1-3-10-5-4-9(7-10)6-8(10)2;1-2-3(4)5/h4-5,8-9H,3,6-7H2,1-2H3;2H2,1H3,(H,4,5). The minimum atomic E-state index is -0.745. The van der Waals surface area contributed by atoms with Gasteiger partial charge in [-0.3, -0.25) is 4.79 Å². The first kappa shape index (κ1) is 12.3. The second kappa shape index (κ2) is 4.82. The molecule has 2 rings (SSSR count). The molecule has 2 aliphatic carbocycles. The van der Waals surface area contributed by atoms with Gasteiger partial charge in [0.1, 0.15) is 0 Å². The molecule has 2 nitrogen and oxygen atoms in total. The van der Waals surface area contributed by atoms with Gasteiger partial charge in [0.2, 0.25) is 0 Å². The minimum Gasteiger partial charge on any atom is -0.481 e. The van der Waals surface area contributed by atoms with Crippen molar-refractivity contribution >= 4 is 5.97 Å². The Morgan fingerprint density at radius 3 is 2.33 bits per heavy atom. The summed E-state index contributed by atoms with van der Waals surface area (Å²) in [4.78, 5) is 9.37. The molecule has 3 atom stereocenters. The molecule has 0 aromatic heterocycles. The second-order valence-corrected chi connectivity index (χ2v) is 4.79. The predicted octanol–water partition coefficient (Wildman–Crippen LogP) is 3.48. The normalized spacial score (nSPS) is 36.2. The molecular weight excluding hydrogens is 188 g/mol. The molecule has 0 aromatic rings. The number of rotatable bonds is 2. The summed E-state index contributed by atoms with van der Waals surface area (Å²) in [5.41, 5.74) is 0.630. The molecule has 2 heteroatoms. The van der Waals surface area contributed by atoms with Crippen LogP contribution in [-0.4, -0.2) is 11.1 Å². The molecule has 1 N–H and O–H groups in total. The third-order valence-electron chi connectivity index (χ3n) is 3.94. The van der Waals surface area contributed by atoms with Gasteiger partial charge in [-0.2, -0.15) is 0 Å². The average Bonchev–Trinajstić information content (AvgIpc) is 2.76. The summed E-state index contributed by atoms with van der Waals surface area (Å²) in [5.74, 6) is 1.15. The van der Waals surface area contributed by atoms with E-state index in [1.807, 2.05) is 0 Å². The van der Waals surface area contributed by atoms with Gasteiger partial charge >= 0.3 is 5.97 Å². The van der Waals surface area contributed by atoms with Crippen molar-refractivity contribution in [2.24, 2.45) is 17.3 Å². The van der Waals surface area contributed by atoms with Crippen molar-refractivity contribution in [3.63, 3.8) is 0 Å². The molecule has 0 aromatic carbocycles. The van der Waals surface area contributed by atoms with Crippen LogP contribution in [0, 0.1) is 17.3 Å². The Hall–Kier alpha value is -0.790. The summed E-state index contributed by atoms with van der Waals surface area (Å²) in [6.45, 7) is 6.34. The molecular formula is C13H22O2. The molecule has 0 spiro atoms. The van der Waals surface area contributed by atoms with Crippen LogP contribution in [0.4, 0.5) is 0 Å². The summed E-state index contributed by atoms with van der Waals surface area (Å²) < 4.78 is 0. The summed E-state index contributed by atoms with van der Waals surface area (Å²) >= 11 is 0. The zero-order valence-electron chi connectivity index (χ0n) is 9.99. The molecule has 15 heavy (non-hydrogen) atoms. The smallest absolute Gasteiger partial charge is 0.303 e. The van der Waals surface area contributed by atoms with Crippen molar-refractivity contribution in [1.82, 2.24) is 0 Å². The lowest BCUT2D eigenvalue weighted by Crippen LogP contribution is -2.18. The van der Waals surface area contributed by atoms with Gasteiger partial charge in [0.05, 0.1) is 0 Å². The number of carbonyl (C=O) groups is 1. The number of hydrogen-bond acceptors (Lipinski definition) is 1. The molecule has 2 aliphatic rings. The van der Waals surface area contributed by atoms with E-state index in [1.165, 1.54) is 19.3 Å². The lowest BCUT2D eigenvalue weighted by molar-refractivity contribution is -0.136. The van der Waals surface area contributed by atoms with E-state index in [1.54, 1.807) is 6.92 Å². The number of fused-ring (bicyclic) bond motifs is 2. The maximum atomic E-state index is 9.37. The molecule has 1 saturated carbocycles. The van der Waals surface area contributed by atoms with Crippen LogP contribution in [0.25, 0.3) is 0 Å². The monoisotopic (exact) mass is 210 g/mol. The largest absolute Gasteiger partial charge is 0.481 e. The summed E-state index contributed by atoms with van der Waals surface area (Å²) in [7, 11) is 0. The maximum Gasteiger partial charge on any atom is 0.303 e. The topological polar surface area (TPSA) is 37.3 Å². The van der Waals surface area contributed by atoms with Crippen LogP contribution < -0.4 is 0 Å². The SMILES string of the molecule is CCC(=O)O.CCC12C=CC(CC1C)C2. The van der Waals surface area contributed by atoms with E-state index in [0.717, 1.165) is 11.8 Å². The Labute approximate surface area is 92.4 Å². The molecule has 86 valence electrons. The fraction of sp³-hybridized carbons (Fsp3) is 0.769. The van der Waals surface area contributed by atoms with Gasteiger partial charge in [0, 0.05) is 6.42 Å². The highest BCUT2D eigenvalue weighted by Crippen LogP contribution is 2.54. The summed E-state index contributed by atoms with van der Waals surface area (Å²) in [5, 5.41) is 7.72. The van der Waals surface area contributed by atoms with Crippen LogP contribution in [0.2, 0.25) is 0 Å². The molecule has 0 radical (unpaired) electrons. The van der Waals surface area contributed by atoms with Crippen LogP contribution in [0.1, 0.15) is 46.5 Å². The first-order chi connectivity index (χ1) is 7.04. The van der Waals surface area contributed by atoms with E-state index in [2.05, 4.69) is 26.0 Å². The van der Waals surface area contributed by atoms with E-state index < -0.39 is 5.97 Å². The number of carboxylic acid groups (broad SMARTS) is 1. The Kier molecular flexibility index (Phi) is 3.95. The highest BCUT2D eigenvalue weighted by Gasteiger charge is 2.44. The fourth-order valence-corrected chi connectivity index (χ4v) is 2.78. The Bertz CT molecular complexity index is 257. The van der Waals surface area contributed by atoms with Crippen molar-refractivity contribution in [3.8, 4) is 0 Å². The van der Waals surface area contributed by atoms with Gasteiger partial charge in [-0.05, 0) is 36.5 Å². The third kappa shape index (κ3) is 2.61. The van der Waals surface area contributed by atoms with Crippen molar-refractivity contribution in [2.45, 2.75) is 46.5 Å². The first-order valence-corrected chi connectivity index (χ1v) is 5.95. The van der Waals surface area contributed by atoms with E-state index >= 15 is 0 Å². The number of aliphatic carboxylic acids is 1. The van der Waals surface area contributed by atoms with E-state index in [9.17, 15) is 4.79 Å². The highest BCUT2D eigenvalue weighted by atomic mass is 16.4. The first-order valence-electron chi connectivity index (χ1n) is 5.95. The van der Waals surface area contributed by atoms with Crippen LogP contribution >= 0.6 is 0 Å².